The molecule has 2 fully saturated rings. The van der Waals surface area contributed by atoms with Crippen LogP contribution in [-0.2, 0) is 28.3 Å². The molecule has 0 amide bonds. The summed E-state index contributed by atoms with van der Waals surface area (Å²) in [6, 6.07) is 13.3. The van der Waals surface area contributed by atoms with E-state index < -0.39 is 17.5 Å². The second-order valence-electron chi connectivity index (χ2n) is 13.7. The average molecular weight is 684 g/mol. The number of aromatic nitrogens is 3. The first-order valence-electron chi connectivity index (χ1n) is 16.1. The number of halogens is 4. The van der Waals surface area contributed by atoms with Gasteiger partial charge in [-0.1, -0.05) is 23.7 Å². The van der Waals surface area contributed by atoms with E-state index in [2.05, 4.69) is 19.8 Å². The second kappa shape index (κ2) is 12.2. The van der Waals surface area contributed by atoms with E-state index in [0.29, 0.717) is 18.7 Å². The fourth-order valence-corrected chi connectivity index (χ4v) is 6.74. The van der Waals surface area contributed by atoms with Gasteiger partial charge in [0.15, 0.2) is 0 Å². The maximum absolute atomic E-state index is 14.6. The number of imidazole rings is 1. The van der Waals surface area contributed by atoms with Crippen LogP contribution in [0, 0.1) is 0 Å². The van der Waals surface area contributed by atoms with E-state index in [1.165, 1.54) is 18.3 Å². The van der Waals surface area contributed by atoms with Crippen molar-refractivity contribution in [1.82, 2.24) is 19.4 Å². The number of hydrogen-bond donors (Lipinski definition) is 1. The molecule has 2 saturated heterocycles. The number of rotatable bonds is 7. The number of alkyl halides is 3. The Labute approximate surface area is 281 Å². The fraction of sp³-hybridized carbons (Fsp3) is 0.457. The third-order valence-electron chi connectivity index (χ3n) is 9.13. The van der Waals surface area contributed by atoms with Gasteiger partial charge in [0, 0.05) is 12.8 Å². The Morgan fingerprint density at radius 3 is 2.52 bits per heavy atom. The van der Waals surface area contributed by atoms with Crippen molar-refractivity contribution in [2.24, 2.45) is 0 Å². The van der Waals surface area contributed by atoms with Crippen LogP contribution >= 0.6 is 11.6 Å². The number of esters is 1. The lowest BCUT2D eigenvalue weighted by atomic mass is 9.88. The van der Waals surface area contributed by atoms with E-state index in [-0.39, 0.29) is 40.1 Å². The average Bonchev–Trinajstić information content (AvgIpc) is 3.57. The van der Waals surface area contributed by atoms with Crippen molar-refractivity contribution in [1.29, 1.82) is 0 Å². The number of para-hydroxylation sites is 1. The quantitative estimate of drug-likeness (QED) is 0.201. The third-order valence-corrected chi connectivity index (χ3v) is 9.36. The van der Waals surface area contributed by atoms with Crippen LogP contribution in [0.4, 0.5) is 18.9 Å². The van der Waals surface area contributed by atoms with Crippen molar-refractivity contribution in [3.63, 3.8) is 0 Å². The molecule has 2 aromatic heterocycles. The van der Waals surface area contributed by atoms with Gasteiger partial charge in [-0.05, 0) is 101 Å². The molecule has 9 nitrogen and oxygen atoms in total. The topological polar surface area (TPSA) is 90.7 Å². The number of carbonyl (C=O) groups excluding carboxylic acids is 1. The summed E-state index contributed by atoms with van der Waals surface area (Å²) in [7, 11) is 0. The Balaban J connectivity index is 1.09. The largest absolute Gasteiger partial charge is 0.456 e. The summed E-state index contributed by atoms with van der Waals surface area (Å²) in [5, 5.41) is 2.83. The highest BCUT2D eigenvalue weighted by Gasteiger charge is 2.63. The van der Waals surface area contributed by atoms with Gasteiger partial charge in [-0.3, -0.25) is 9.88 Å². The molecule has 2 unspecified atom stereocenters. The molecule has 4 aromatic rings. The zero-order chi connectivity index (χ0) is 33.8. The standard InChI is InChI=1S/C35H37ClF3N5O4/c1-33(2,3)48-32(45)22-7-9-26-28(17-22)44(19-24-13-16-46-24)30(41-26)20-43-14-11-21(12-15-43)25-5-4-6-27-31(25)47-34(42-27,35(37,38)39)29-10-8-23(36)18-40-29/h4-10,17-18,21,24,42H,11-16,19-20H2,1-3H3. The highest BCUT2D eigenvalue weighted by Crippen LogP contribution is 2.53. The van der Waals surface area contributed by atoms with E-state index in [4.69, 9.17) is 30.8 Å². The number of nitrogens with one attached hydrogen (secondary N) is 1. The normalized spacial score (nSPS) is 21.8. The number of pyridine rings is 1. The molecule has 48 heavy (non-hydrogen) atoms. The van der Waals surface area contributed by atoms with E-state index in [1.54, 1.807) is 18.2 Å². The van der Waals surface area contributed by atoms with Crippen molar-refractivity contribution in [3.8, 4) is 5.75 Å². The van der Waals surface area contributed by atoms with Gasteiger partial charge in [0.1, 0.15) is 22.9 Å². The highest BCUT2D eigenvalue weighted by atomic mass is 35.5. The highest BCUT2D eigenvalue weighted by molar-refractivity contribution is 6.30. The number of carbonyl (C=O) groups is 1. The summed E-state index contributed by atoms with van der Waals surface area (Å²) in [5.74, 6) is 0.690. The van der Waals surface area contributed by atoms with Gasteiger partial charge >= 0.3 is 17.9 Å². The summed E-state index contributed by atoms with van der Waals surface area (Å²) in [5.41, 5.74) is -0.611. The van der Waals surface area contributed by atoms with E-state index in [0.717, 1.165) is 61.4 Å². The smallest absolute Gasteiger partial charge is 0.455 e. The van der Waals surface area contributed by atoms with Crippen LogP contribution in [0.1, 0.15) is 73.4 Å². The third kappa shape index (κ3) is 6.21. The molecule has 7 rings (SSSR count). The Bertz CT molecular complexity index is 1830. The molecule has 2 atom stereocenters. The predicted molar refractivity (Wildman–Crippen MR) is 174 cm³/mol. The number of benzene rings is 2. The molecule has 0 saturated carbocycles. The van der Waals surface area contributed by atoms with Gasteiger partial charge in [0.2, 0.25) is 0 Å². The number of nitrogens with zero attached hydrogens (tertiary/aromatic N) is 4. The minimum Gasteiger partial charge on any atom is -0.456 e. The summed E-state index contributed by atoms with van der Waals surface area (Å²) >= 11 is 5.92. The van der Waals surface area contributed by atoms with Crippen molar-refractivity contribution < 1.29 is 32.2 Å². The summed E-state index contributed by atoms with van der Waals surface area (Å²) in [6.07, 6.45) is -1.12. The minimum absolute atomic E-state index is 0.00112. The summed E-state index contributed by atoms with van der Waals surface area (Å²) < 4.78 is 63.2. The molecular formula is C35H37ClF3N5O4. The van der Waals surface area contributed by atoms with E-state index >= 15 is 0 Å². The maximum atomic E-state index is 14.6. The van der Waals surface area contributed by atoms with Crippen LogP contribution in [0.3, 0.4) is 0 Å². The van der Waals surface area contributed by atoms with Crippen molar-refractivity contribution in [2.45, 2.75) is 82.6 Å². The van der Waals surface area contributed by atoms with Gasteiger partial charge < -0.3 is 24.1 Å². The zero-order valence-electron chi connectivity index (χ0n) is 26.9. The molecular weight excluding hydrogens is 647 g/mol. The number of likely N-dealkylation sites (tertiary alicyclic amines) is 1. The van der Waals surface area contributed by atoms with Gasteiger partial charge in [0.25, 0.3) is 0 Å². The molecule has 254 valence electrons. The van der Waals surface area contributed by atoms with Crippen LogP contribution in [-0.4, -0.2) is 63.0 Å². The van der Waals surface area contributed by atoms with Gasteiger partial charge in [0.05, 0.1) is 46.5 Å². The molecule has 3 aliphatic rings. The van der Waals surface area contributed by atoms with Crippen molar-refractivity contribution in [3.05, 3.63) is 82.4 Å². The van der Waals surface area contributed by atoms with E-state index in [9.17, 15) is 18.0 Å². The Morgan fingerprint density at radius 1 is 1.10 bits per heavy atom. The van der Waals surface area contributed by atoms with Crippen LogP contribution in [0.25, 0.3) is 11.0 Å². The lowest BCUT2D eigenvalue weighted by Crippen LogP contribution is -2.51. The zero-order valence-corrected chi connectivity index (χ0v) is 27.7. The molecule has 0 bridgehead atoms. The minimum atomic E-state index is -4.79. The Morgan fingerprint density at radius 2 is 1.88 bits per heavy atom. The Kier molecular flexibility index (Phi) is 8.32. The molecule has 13 heteroatoms. The van der Waals surface area contributed by atoms with Crippen molar-refractivity contribution in [2.75, 3.05) is 25.0 Å². The monoisotopic (exact) mass is 683 g/mol. The molecule has 0 radical (unpaired) electrons. The van der Waals surface area contributed by atoms with Gasteiger partial charge in [-0.2, -0.15) is 13.2 Å². The Hall–Kier alpha value is -3.87. The number of ether oxygens (including phenoxy) is 3. The molecule has 0 spiro atoms. The lowest BCUT2D eigenvalue weighted by molar-refractivity contribution is -0.239. The summed E-state index contributed by atoms with van der Waals surface area (Å²) in [6.45, 7) is 8.90. The lowest BCUT2D eigenvalue weighted by Gasteiger charge is -2.33. The number of fused-ring (bicyclic) bond motifs is 2. The molecule has 5 heterocycles. The van der Waals surface area contributed by atoms with Gasteiger partial charge in [-0.25, -0.2) is 9.78 Å². The number of hydrogen-bond acceptors (Lipinski definition) is 8. The van der Waals surface area contributed by atoms with Crippen LogP contribution in [0.2, 0.25) is 5.02 Å². The second-order valence-corrected chi connectivity index (χ2v) is 14.1. The SMILES string of the molecule is CC(C)(C)OC(=O)c1ccc2nc(CN3CCC(c4cccc5c4OC(c4ccc(Cl)cn4)(C(F)(F)F)N5)CC3)n(CC3CCO3)c2c1. The first-order chi connectivity index (χ1) is 22.8. The van der Waals surface area contributed by atoms with Crippen LogP contribution < -0.4 is 10.1 Å². The predicted octanol–water partition coefficient (Wildman–Crippen LogP) is 7.43. The number of piperidine rings is 1. The molecule has 1 N–H and O–H groups in total. The van der Waals surface area contributed by atoms with E-state index in [1.807, 2.05) is 39.0 Å². The van der Waals surface area contributed by atoms with Gasteiger partial charge in [-0.15, -0.1) is 0 Å². The molecule has 0 aliphatic carbocycles. The fourth-order valence-electron chi connectivity index (χ4n) is 6.63. The first-order valence-corrected chi connectivity index (χ1v) is 16.5. The summed E-state index contributed by atoms with van der Waals surface area (Å²) in [4.78, 5) is 24.1. The molecule has 3 aliphatic heterocycles. The van der Waals surface area contributed by atoms with Crippen LogP contribution in [0.5, 0.6) is 5.75 Å². The number of anilines is 1. The van der Waals surface area contributed by atoms with Crippen molar-refractivity contribution >= 4 is 34.3 Å². The van der Waals surface area contributed by atoms with Crippen LogP contribution in [0.15, 0.2) is 54.7 Å². The first kappa shape index (κ1) is 32.7. The maximum Gasteiger partial charge on any atom is 0.455 e. The molecule has 2 aromatic carbocycles.